The Morgan fingerprint density at radius 2 is 1.83 bits per heavy atom. The third-order valence-corrected chi connectivity index (χ3v) is 6.26. The zero-order chi connectivity index (χ0) is 20.7. The highest BCUT2D eigenvalue weighted by molar-refractivity contribution is 5.97. The van der Waals surface area contributed by atoms with Gasteiger partial charge in [-0.1, -0.05) is 30.3 Å². The molecule has 152 valence electrons. The maximum Gasteiger partial charge on any atom is 0.257 e. The van der Waals surface area contributed by atoms with Gasteiger partial charge in [0.15, 0.2) is 11.6 Å². The minimum Gasteiger partial charge on any atom is -0.493 e. The molecule has 0 aromatic heterocycles. The molecule has 2 aliphatic heterocycles. The molecule has 0 unspecified atom stereocenters. The number of fused-ring (bicyclic) bond motifs is 1. The first kappa shape index (κ1) is 19.4. The normalized spacial score (nSPS) is 23.2. The average molecular weight is 396 g/mol. The largest absolute Gasteiger partial charge is 0.493 e. The van der Waals surface area contributed by atoms with Gasteiger partial charge >= 0.3 is 0 Å². The van der Waals surface area contributed by atoms with Gasteiger partial charge in [-0.3, -0.25) is 9.59 Å². The minimum atomic E-state index is -0.543. The number of hydrogen-bond acceptors (Lipinski definition) is 3. The molecule has 2 aromatic rings. The second-order valence-electron chi connectivity index (χ2n) is 7.93. The summed E-state index contributed by atoms with van der Waals surface area (Å²) < 4.78 is 19.2. The first-order valence-electron chi connectivity index (χ1n) is 9.87. The number of aryl methyl sites for hydroxylation is 1. The smallest absolute Gasteiger partial charge is 0.257 e. The summed E-state index contributed by atoms with van der Waals surface area (Å²) in [4.78, 5) is 29.2. The molecular weight excluding hydrogens is 371 g/mol. The quantitative estimate of drug-likeness (QED) is 0.799. The molecule has 29 heavy (non-hydrogen) atoms. The van der Waals surface area contributed by atoms with Crippen molar-refractivity contribution in [2.75, 3.05) is 26.7 Å². The lowest BCUT2D eigenvalue weighted by atomic mass is 9.87. The minimum absolute atomic E-state index is 0.0182. The van der Waals surface area contributed by atoms with Crippen LogP contribution >= 0.6 is 0 Å². The van der Waals surface area contributed by atoms with Crippen LogP contribution in [0, 0.1) is 24.6 Å². The van der Waals surface area contributed by atoms with Crippen molar-refractivity contribution in [1.29, 1.82) is 0 Å². The summed E-state index contributed by atoms with van der Waals surface area (Å²) in [6.07, 6.45) is 0. The average Bonchev–Trinajstić information content (AvgIpc) is 3.26. The van der Waals surface area contributed by atoms with Crippen molar-refractivity contribution >= 4 is 11.8 Å². The summed E-state index contributed by atoms with van der Waals surface area (Å²) in [5.41, 5.74) is 2.51. The summed E-state index contributed by atoms with van der Waals surface area (Å²) in [5.74, 6) is -0.379. The van der Waals surface area contributed by atoms with Crippen molar-refractivity contribution in [3.8, 4) is 5.75 Å². The summed E-state index contributed by atoms with van der Waals surface area (Å²) >= 11 is 0. The fraction of sp³-hybridized carbons (Fsp3) is 0.391. The summed E-state index contributed by atoms with van der Waals surface area (Å²) in [6, 6.07) is 12.5. The van der Waals surface area contributed by atoms with Gasteiger partial charge in [-0.2, -0.15) is 0 Å². The first-order chi connectivity index (χ1) is 13.9. The molecule has 4 rings (SSSR count). The van der Waals surface area contributed by atoms with Crippen LogP contribution in [0.5, 0.6) is 5.75 Å². The lowest BCUT2D eigenvalue weighted by molar-refractivity contribution is -0.130. The Labute approximate surface area is 170 Å². The highest BCUT2D eigenvalue weighted by Crippen LogP contribution is 2.46. The maximum absolute atomic E-state index is 14.1. The van der Waals surface area contributed by atoms with E-state index in [0.717, 1.165) is 11.1 Å². The number of halogens is 1. The van der Waals surface area contributed by atoms with Crippen molar-refractivity contribution in [2.45, 2.75) is 19.9 Å². The molecule has 2 amide bonds. The lowest BCUT2D eigenvalue weighted by Gasteiger charge is -2.30. The molecule has 0 spiro atoms. The lowest BCUT2D eigenvalue weighted by Crippen LogP contribution is -2.36. The monoisotopic (exact) mass is 396 g/mol. The van der Waals surface area contributed by atoms with E-state index in [9.17, 15) is 14.0 Å². The molecular formula is C23H25FN2O3. The van der Waals surface area contributed by atoms with Gasteiger partial charge in [0.2, 0.25) is 5.91 Å². The molecule has 2 aliphatic rings. The number of likely N-dealkylation sites (tertiary alicyclic amines) is 2. The number of hydrogen-bond donors (Lipinski definition) is 0. The van der Waals surface area contributed by atoms with E-state index in [1.165, 1.54) is 19.2 Å². The molecule has 0 radical (unpaired) electrons. The Bertz CT molecular complexity index is 961. The van der Waals surface area contributed by atoms with E-state index < -0.39 is 5.82 Å². The zero-order valence-corrected chi connectivity index (χ0v) is 16.9. The van der Waals surface area contributed by atoms with E-state index in [0.29, 0.717) is 19.6 Å². The molecule has 0 N–H and O–H groups in total. The van der Waals surface area contributed by atoms with Crippen LogP contribution in [-0.4, -0.2) is 48.4 Å². The van der Waals surface area contributed by atoms with Gasteiger partial charge in [-0.05, 0) is 30.2 Å². The molecule has 0 saturated carbocycles. The van der Waals surface area contributed by atoms with Crippen LogP contribution in [0.15, 0.2) is 42.5 Å². The van der Waals surface area contributed by atoms with Crippen LogP contribution in [0.2, 0.25) is 0 Å². The maximum atomic E-state index is 14.1. The number of nitrogens with zero attached hydrogens (tertiary/aromatic N) is 2. The molecule has 2 heterocycles. The summed E-state index contributed by atoms with van der Waals surface area (Å²) in [7, 11) is 1.37. The van der Waals surface area contributed by atoms with Gasteiger partial charge in [-0.25, -0.2) is 4.39 Å². The Kier molecular flexibility index (Phi) is 5.03. The van der Waals surface area contributed by atoms with E-state index >= 15 is 0 Å². The van der Waals surface area contributed by atoms with Gasteiger partial charge in [0.1, 0.15) is 0 Å². The number of carbonyl (C=O) groups excluding carboxylic acids is 2. The van der Waals surface area contributed by atoms with Gasteiger partial charge in [-0.15, -0.1) is 0 Å². The van der Waals surface area contributed by atoms with Crippen LogP contribution in [0.25, 0.3) is 0 Å². The Morgan fingerprint density at radius 1 is 1.07 bits per heavy atom. The second kappa shape index (κ2) is 7.50. The molecule has 0 bridgehead atoms. The number of carbonyl (C=O) groups is 2. The van der Waals surface area contributed by atoms with Crippen LogP contribution in [0.4, 0.5) is 4.39 Å². The predicted octanol–water partition coefficient (Wildman–Crippen LogP) is 3.43. The zero-order valence-electron chi connectivity index (χ0n) is 16.9. The van der Waals surface area contributed by atoms with E-state index in [-0.39, 0.29) is 41.0 Å². The van der Waals surface area contributed by atoms with Gasteiger partial charge in [0.25, 0.3) is 5.91 Å². The summed E-state index contributed by atoms with van der Waals surface area (Å²) in [6.45, 7) is 5.37. The number of ether oxygens (including phenoxy) is 1. The molecule has 2 aromatic carbocycles. The number of rotatable bonds is 3. The molecule has 3 atom stereocenters. The molecule has 2 saturated heterocycles. The van der Waals surface area contributed by atoms with Crippen LogP contribution < -0.4 is 4.74 Å². The van der Waals surface area contributed by atoms with Gasteiger partial charge in [0, 0.05) is 38.4 Å². The standard InChI is InChI=1S/C23H25FN2O3/c1-14-7-4-5-8-17(14)21-19-13-25(11-16(19)12-26(21)15(2)27)23(28)18-9-6-10-20(24)22(18)29-3/h4-10,16,19,21H,11-13H2,1-3H3/t16-,19-,21+/m1/s1. The SMILES string of the molecule is COc1c(F)cccc1C(=O)N1C[C@@H]2CN(C(C)=O)[C@@H](c3ccccc3C)[C@@H]2C1. The van der Waals surface area contributed by atoms with E-state index in [4.69, 9.17) is 4.74 Å². The van der Waals surface area contributed by atoms with Crippen LogP contribution in [0.3, 0.4) is 0 Å². The van der Waals surface area contributed by atoms with Crippen molar-refractivity contribution in [1.82, 2.24) is 9.80 Å². The van der Waals surface area contributed by atoms with E-state index in [1.807, 2.05) is 17.0 Å². The molecule has 6 heteroatoms. The molecule has 2 fully saturated rings. The highest BCUT2D eigenvalue weighted by Gasteiger charge is 2.50. The Balaban J connectivity index is 1.63. The number of methoxy groups -OCH3 is 1. The van der Waals surface area contributed by atoms with Gasteiger partial charge < -0.3 is 14.5 Å². The highest BCUT2D eigenvalue weighted by atomic mass is 19.1. The van der Waals surface area contributed by atoms with Crippen molar-refractivity contribution in [2.24, 2.45) is 11.8 Å². The van der Waals surface area contributed by atoms with Crippen molar-refractivity contribution < 1.29 is 18.7 Å². The van der Waals surface area contributed by atoms with Crippen molar-refractivity contribution in [3.63, 3.8) is 0 Å². The predicted molar refractivity (Wildman–Crippen MR) is 107 cm³/mol. The van der Waals surface area contributed by atoms with Crippen molar-refractivity contribution in [3.05, 3.63) is 65.0 Å². The summed E-state index contributed by atoms with van der Waals surface area (Å²) in [5, 5.41) is 0. The number of amides is 2. The Morgan fingerprint density at radius 3 is 2.52 bits per heavy atom. The van der Waals surface area contributed by atoms with Crippen LogP contribution in [0.1, 0.15) is 34.5 Å². The first-order valence-corrected chi connectivity index (χ1v) is 9.87. The van der Waals surface area contributed by atoms with E-state index in [1.54, 1.807) is 17.9 Å². The second-order valence-corrected chi connectivity index (χ2v) is 7.93. The third-order valence-electron chi connectivity index (χ3n) is 6.26. The number of benzene rings is 2. The third kappa shape index (κ3) is 3.26. The molecule has 5 nitrogen and oxygen atoms in total. The van der Waals surface area contributed by atoms with Crippen LogP contribution in [-0.2, 0) is 4.79 Å². The fourth-order valence-corrected chi connectivity index (χ4v) is 4.91. The van der Waals surface area contributed by atoms with Gasteiger partial charge in [0.05, 0.1) is 18.7 Å². The number of para-hydroxylation sites is 1. The van der Waals surface area contributed by atoms with E-state index in [2.05, 4.69) is 19.1 Å². The fourth-order valence-electron chi connectivity index (χ4n) is 4.91. The Hall–Kier alpha value is -2.89. The molecule has 0 aliphatic carbocycles. The topological polar surface area (TPSA) is 49.9 Å².